The second-order valence-electron chi connectivity index (χ2n) is 5.12. The Morgan fingerprint density at radius 3 is 2.38 bits per heavy atom. The molecule has 0 saturated carbocycles. The van der Waals surface area contributed by atoms with Gasteiger partial charge < -0.3 is 20.8 Å². The highest BCUT2D eigenvalue weighted by Gasteiger charge is 2.31. The number of rotatable bonds is 6. The number of anilines is 1. The van der Waals surface area contributed by atoms with Gasteiger partial charge in [-0.2, -0.15) is 0 Å². The molecule has 0 spiro atoms. The molecule has 1 aromatic carbocycles. The molecule has 7 heteroatoms. The van der Waals surface area contributed by atoms with E-state index in [1.54, 1.807) is 18.2 Å². The second kappa shape index (κ2) is 5.82. The molecule has 0 fully saturated rings. The summed E-state index contributed by atoms with van der Waals surface area (Å²) >= 11 is 0. The third-order valence-electron chi connectivity index (χ3n) is 3.48. The Hall–Kier alpha value is -2.57. The zero-order chi connectivity index (χ0) is 15.6. The van der Waals surface area contributed by atoms with Crippen LogP contribution in [-0.4, -0.2) is 39.5 Å². The van der Waals surface area contributed by atoms with Gasteiger partial charge in [0.25, 0.3) is 5.91 Å². The Labute approximate surface area is 121 Å². The molecule has 4 N–H and O–H groups in total. The number of carboxylic acid groups (broad SMARTS) is 2. The van der Waals surface area contributed by atoms with E-state index < -0.39 is 17.9 Å². The zero-order valence-corrected chi connectivity index (χ0v) is 11.3. The van der Waals surface area contributed by atoms with E-state index in [1.807, 2.05) is 0 Å². The number of nitrogens with two attached hydrogens (primary N) is 1. The van der Waals surface area contributed by atoms with Crippen LogP contribution in [0.3, 0.4) is 0 Å². The van der Waals surface area contributed by atoms with Crippen LogP contribution < -0.4 is 5.73 Å². The van der Waals surface area contributed by atoms with Crippen LogP contribution in [-0.2, 0) is 16.1 Å². The molecule has 21 heavy (non-hydrogen) atoms. The Bertz CT molecular complexity index is 583. The molecule has 0 aliphatic carbocycles. The molecule has 1 aliphatic heterocycles. The Kier molecular flexibility index (Phi) is 4.11. The molecule has 0 unspecified atom stereocenters. The quantitative estimate of drug-likeness (QED) is 0.666. The number of hydrogen-bond donors (Lipinski definition) is 3. The van der Waals surface area contributed by atoms with Gasteiger partial charge in [0.2, 0.25) is 0 Å². The van der Waals surface area contributed by atoms with Crippen molar-refractivity contribution in [2.24, 2.45) is 5.92 Å². The highest BCUT2D eigenvalue weighted by molar-refractivity contribution is 5.99. The molecule has 112 valence electrons. The highest BCUT2D eigenvalue weighted by atomic mass is 16.4. The van der Waals surface area contributed by atoms with Gasteiger partial charge in [-0.3, -0.25) is 14.4 Å². The summed E-state index contributed by atoms with van der Waals surface area (Å²) in [5, 5.41) is 17.7. The standard InChI is InChI=1S/C14H16N2O5/c15-11-3-1-2-9-10(11)7-16(14(9)21)6-8(4-12(17)18)5-13(19)20/h1-3,8H,4-7,15H2,(H,17,18)(H,19,20). The SMILES string of the molecule is Nc1cccc2c1CN(CC(CC(=O)O)CC(=O)O)C2=O. The molecular formula is C14H16N2O5. The lowest BCUT2D eigenvalue weighted by Gasteiger charge is -2.21. The van der Waals surface area contributed by atoms with Gasteiger partial charge in [0.15, 0.2) is 0 Å². The van der Waals surface area contributed by atoms with Crippen molar-refractivity contribution in [3.63, 3.8) is 0 Å². The monoisotopic (exact) mass is 292 g/mol. The van der Waals surface area contributed by atoms with Crippen LogP contribution in [0.25, 0.3) is 0 Å². The normalized spacial score (nSPS) is 13.6. The van der Waals surface area contributed by atoms with Crippen molar-refractivity contribution in [3.8, 4) is 0 Å². The number of aliphatic carboxylic acids is 2. The van der Waals surface area contributed by atoms with Gasteiger partial charge in [-0.25, -0.2) is 0 Å². The van der Waals surface area contributed by atoms with Gasteiger partial charge in [-0.1, -0.05) is 6.07 Å². The van der Waals surface area contributed by atoms with E-state index in [2.05, 4.69) is 0 Å². The lowest BCUT2D eigenvalue weighted by atomic mass is 10.0. The Morgan fingerprint density at radius 1 is 1.24 bits per heavy atom. The number of nitrogen functional groups attached to an aromatic ring is 1. The van der Waals surface area contributed by atoms with Crippen molar-refractivity contribution < 1.29 is 24.6 Å². The van der Waals surface area contributed by atoms with Gasteiger partial charge in [0.05, 0.1) is 12.8 Å². The highest BCUT2D eigenvalue weighted by Crippen LogP contribution is 2.28. The third kappa shape index (κ3) is 3.31. The number of benzene rings is 1. The van der Waals surface area contributed by atoms with E-state index in [0.717, 1.165) is 0 Å². The molecule has 0 atom stereocenters. The number of fused-ring (bicyclic) bond motifs is 1. The van der Waals surface area contributed by atoms with Crippen molar-refractivity contribution in [2.75, 3.05) is 12.3 Å². The van der Waals surface area contributed by atoms with Crippen molar-refractivity contribution >= 4 is 23.5 Å². The van der Waals surface area contributed by atoms with Gasteiger partial charge >= 0.3 is 11.9 Å². The molecule has 0 saturated heterocycles. The van der Waals surface area contributed by atoms with Gasteiger partial charge in [-0.15, -0.1) is 0 Å². The first kappa shape index (κ1) is 14.8. The van der Waals surface area contributed by atoms with Crippen LogP contribution in [0.1, 0.15) is 28.8 Å². The lowest BCUT2D eigenvalue weighted by Crippen LogP contribution is -2.32. The van der Waals surface area contributed by atoms with Crippen LogP contribution >= 0.6 is 0 Å². The maximum atomic E-state index is 12.2. The second-order valence-corrected chi connectivity index (χ2v) is 5.12. The van der Waals surface area contributed by atoms with Crippen molar-refractivity contribution in [1.82, 2.24) is 4.90 Å². The van der Waals surface area contributed by atoms with Crippen molar-refractivity contribution in [3.05, 3.63) is 29.3 Å². The Balaban J connectivity index is 2.12. The summed E-state index contributed by atoms with van der Waals surface area (Å²) in [5.74, 6) is -3.02. The fourth-order valence-corrected chi connectivity index (χ4v) is 2.57. The van der Waals surface area contributed by atoms with E-state index >= 15 is 0 Å². The van der Waals surface area contributed by atoms with E-state index in [4.69, 9.17) is 15.9 Å². The van der Waals surface area contributed by atoms with Crippen molar-refractivity contribution in [1.29, 1.82) is 0 Å². The molecule has 0 aromatic heterocycles. The largest absolute Gasteiger partial charge is 0.481 e. The topological polar surface area (TPSA) is 121 Å². The molecule has 1 aliphatic rings. The summed E-state index contributed by atoms with van der Waals surface area (Å²) < 4.78 is 0. The molecule has 0 radical (unpaired) electrons. The molecule has 7 nitrogen and oxygen atoms in total. The summed E-state index contributed by atoms with van der Waals surface area (Å²) in [6, 6.07) is 5.04. The number of amides is 1. The number of carboxylic acids is 2. The minimum Gasteiger partial charge on any atom is -0.481 e. The first-order chi connectivity index (χ1) is 9.88. The van der Waals surface area contributed by atoms with E-state index in [-0.39, 0.29) is 31.8 Å². The molecule has 1 heterocycles. The fraction of sp³-hybridized carbons (Fsp3) is 0.357. The number of carbonyl (C=O) groups excluding carboxylic acids is 1. The van der Waals surface area contributed by atoms with Crippen LogP contribution in [0.4, 0.5) is 5.69 Å². The molecule has 0 bridgehead atoms. The minimum atomic E-state index is -1.08. The molecule has 2 rings (SSSR count). The van der Waals surface area contributed by atoms with Crippen LogP contribution in [0, 0.1) is 5.92 Å². The molecule has 1 aromatic rings. The van der Waals surface area contributed by atoms with Crippen LogP contribution in [0.15, 0.2) is 18.2 Å². The molecule has 1 amide bonds. The lowest BCUT2D eigenvalue weighted by molar-refractivity contribution is -0.140. The number of nitrogens with zero attached hydrogens (tertiary/aromatic N) is 1. The number of hydrogen-bond acceptors (Lipinski definition) is 4. The average molecular weight is 292 g/mol. The van der Waals surface area contributed by atoms with Crippen molar-refractivity contribution in [2.45, 2.75) is 19.4 Å². The predicted molar refractivity (Wildman–Crippen MR) is 73.6 cm³/mol. The van der Waals surface area contributed by atoms with Gasteiger partial charge in [-0.05, 0) is 18.1 Å². The van der Waals surface area contributed by atoms with Crippen LogP contribution in [0.2, 0.25) is 0 Å². The predicted octanol–water partition coefficient (Wildman–Crippen LogP) is 0.790. The average Bonchev–Trinajstić information content (AvgIpc) is 2.67. The summed E-state index contributed by atoms with van der Waals surface area (Å²) in [4.78, 5) is 35.3. The summed E-state index contributed by atoms with van der Waals surface area (Å²) in [6.07, 6.45) is -0.580. The summed E-state index contributed by atoms with van der Waals surface area (Å²) in [6.45, 7) is 0.377. The van der Waals surface area contributed by atoms with E-state index in [9.17, 15) is 14.4 Å². The number of carbonyl (C=O) groups is 3. The zero-order valence-electron chi connectivity index (χ0n) is 11.3. The van der Waals surface area contributed by atoms with E-state index in [1.165, 1.54) is 4.90 Å². The fourth-order valence-electron chi connectivity index (χ4n) is 2.57. The smallest absolute Gasteiger partial charge is 0.303 e. The summed E-state index contributed by atoms with van der Waals surface area (Å²) in [7, 11) is 0. The Morgan fingerprint density at radius 2 is 1.86 bits per heavy atom. The molecular weight excluding hydrogens is 276 g/mol. The first-order valence-electron chi connectivity index (χ1n) is 6.48. The minimum absolute atomic E-state index is 0.0888. The van der Waals surface area contributed by atoms with Gasteiger partial charge in [0, 0.05) is 29.9 Å². The first-order valence-corrected chi connectivity index (χ1v) is 6.48. The van der Waals surface area contributed by atoms with Crippen LogP contribution in [0.5, 0.6) is 0 Å². The third-order valence-corrected chi connectivity index (χ3v) is 3.48. The maximum absolute atomic E-state index is 12.2. The van der Waals surface area contributed by atoms with E-state index in [0.29, 0.717) is 16.8 Å². The van der Waals surface area contributed by atoms with Gasteiger partial charge in [0.1, 0.15) is 0 Å². The summed E-state index contributed by atoms with van der Waals surface area (Å²) in [5.41, 5.74) is 7.55. The maximum Gasteiger partial charge on any atom is 0.303 e.